The zero-order chi connectivity index (χ0) is 10.6. The van der Waals surface area contributed by atoms with Crippen LogP contribution in [0.4, 0.5) is 0 Å². The van der Waals surface area contributed by atoms with Crippen molar-refractivity contribution in [1.29, 1.82) is 0 Å². The lowest BCUT2D eigenvalue weighted by atomic mass is 10.3. The lowest BCUT2D eigenvalue weighted by Crippen LogP contribution is -2.27. The van der Waals surface area contributed by atoms with Gasteiger partial charge in [-0.15, -0.1) is 0 Å². The highest BCUT2D eigenvalue weighted by Gasteiger charge is 2.31. The molecule has 0 aromatic heterocycles. The highest BCUT2D eigenvalue weighted by atomic mass is 16.5. The van der Waals surface area contributed by atoms with Gasteiger partial charge in [0.15, 0.2) is 0 Å². The molecule has 2 atom stereocenters. The Labute approximate surface area is 82.9 Å². The predicted molar refractivity (Wildman–Crippen MR) is 49.9 cm³/mol. The number of carbonyl (C=O) groups is 1. The van der Waals surface area contributed by atoms with Gasteiger partial charge in [0.1, 0.15) is 12.2 Å². The van der Waals surface area contributed by atoms with Crippen LogP contribution in [0.1, 0.15) is 0 Å². The van der Waals surface area contributed by atoms with Gasteiger partial charge >= 0.3 is 5.97 Å². The Bertz CT molecular complexity index is 217. The molecule has 1 aliphatic rings. The number of hydrogen-bond acceptors (Lipinski definition) is 4. The highest BCUT2D eigenvalue weighted by Crippen LogP contribution is 2.15. The van der Waals surface area contributed by atoms with Crippen LogP contribution >= 0.6 is 0 Å². The molecule has 1 rings (SSSR count). The van der Waals surface area contributed by atoms with Crippen molar-refractivity contribution < 1.29 is 19.4 Å². The van der Waals surface area contributed by atoms with E-state index in [1.165, 1.54) is 0 Å². The van der Waals surface area contributed by atoms with E-state index in [2.05, 4.69) is 0 Å². The summed E-state index contributed by atoms with van der Waals surface area (Å²) in [6.45, 7) is 1.33. The maximum absolute atomic E-state index is 10.3. The largest absolute Gasteiger partial charge is 0.478 e. The van der Waals surface area contributed by atoms with Crippen LogP contribution in [0.15, 0.2) is 12.3 Å². The third kappa shape index (κ3) is 2.71. The number of aliphatic carboxylic acids is 1. The molecule has 5 nitrogen and oxygen atoms in total. The number of likely N-dealkylation sites (tertiary alicyclic amines) is 1. The zero-order valence-electron chi connectivity index (χ0n) is 8.34. The summed E-state index contributed by atoms with van der Waals surface area (Å²) in [4.78, 5) is 12.2. The normalized spacial score (nSPS) is 27.4. The number of methoxy groups -OCH3 is 2. The first-order valence-electron chi connectivity index (χ1n) is 4.38. The Morgan fingerprint density at radius 1 is 1.36 bits per heavy atom. The van der Waals surface area contributed by atoms with Crippen LogP contribution in [-0.4, -0.2) is 55.5 Å². The number of rotatable bonds is 4. The highest BCUT2D eigenvalue weighted by molar-refractivity contribution is 5.79. The van der Waals surface area contributed by atoms with Crippen LogP contribution in [-0.2, 0) is 14.3 Å². The third-order valence-electron chi connectivity index (χ3n) is 2.28. The van der Waals surface area contributed by atoms with E-state index in [0.29, 0.717) is 13.1 Å². The van der Waals surface area contributed by atoms with Gasteiger partial charge in [-0.3, -0.25) is 0 Å². The van der Waals surface area contributed by atoms with E-state index in [9.17, 15) is 4.79 Å². The molecule has 1 fully saturated rings. The number of carboxylic acids is 1. The quantitative estimate of drug-likeness (QED) is 0.645. The second kappa shape index (κ2) is 4.97. The standard InChI is InChI=1S/C9H15NO4/c1-13-7-5-10(4-3-9(11)12)6-8(7)14-2/h3-4,7-8H,5-6H2,1-2H3,(H,11,12)/b4-3+. The van der Waals surface area contributed by atoms with Crippen molar-refractivity contribution in [2.24, 2.45) is 0 Å². The summed E-state index contributed by atoms with van der Waals surface area (Å²) in [5.74, 6) is -0.945. The molecule has 0 aromatic rings. The number of ether oxygens (including phenoxy) is 2. The molecule has 14 heavy (non-hydrogen) atoms. The summed E-state index contributed by atoms with van der Waals surface area (Å²) in [7, 11) is 3.25. The molecule has 2 unspecified atom stereocenters. The summed E-state index contributed by atoms with van der Waals surface area (Å²) >= 11 is 0. The number of hydrogen-bond donors (Lipinski definition) is 1. The first-order chi connectivity index (χ1) is 6.67. The summed E-state index contributed by atoms with van der Waals surface area (Å²) in [6, 6.07) is 0. The van der Waals surface area contributed by atoms with Gasteiger partial charge in [0.2, 0.25) is 0 Å². The Morgan fingerprint density at radius 2 is 1.86 bits per heavy atom. The second-order valence-electron chi connectivity index (χ2n) is 3.16. The van der Waals surface area contributed by atoms with Gasteiger partial charge in [-0.1, -0.05) is 0 Å². The number of carboxylic acid groups (broad SMARTS) is 1. The predicted octanol–water partition coefficient (Wildman–Crippen LogP) is -0.0697. The van der Waals surface area contributed by atoms with Crippen LogP contribution in [0.5, 0.6) is 0 Å². The van der Waals surface area contributed by atoms with Crippen molar-refractivity contribution in [3.8, 4) is 0 Å². The molecule has 1 N–H and O–H groups in total. The third-order valence-corrected chi connectivity index (χ3v) is 2.28. The van der Waals surface area contributed by atoms with Crippen molar-refractivity contribution in [2.45, 2.75) is 12.2 Å². The van der Waals surface area contributed by atoms with Crippen molar-refractivity contribution in [3.05, 3.63) is 12.3 Å². The molecule has 80 valence electrons. The van der Waals surface area contributed by atoms with Gasteiger partial charge in [0.25, 0.3) is 0 Å². The van der Waals surface area contributed by atoms with E-state index < -0.39 is 5.97 Å². The van der Waals surface area contributed by atoms with Gasteiger partial charge in [-0.05, 0) is 0 Å². The van der Waals surface area contributed by atoms with Crippen molar-refractivity contribution in [3.63, 3.8) is 0 Å². The molecule has 0 aliphatic carbocycles. The Hall–Kier alpha value is -1.07. The Morgan fingerprint density at radius 3 is 2.21 bits per heavy atom. The van der Waals surface area contributed by atoms with E-state index >= 15 is 0 Å². The fourth-order valence-corrected chi connectivity index (χ4v) is 1.52. The fraction of sp³-hybridized carbons (Fsp3) is 0.667. The molecule has 1 heterocycles. The van der Waals surface area contributed by atoms with Gasteiger partial charge in [0, 0.05) is 39.6 Å². The molecule has 1 saturated heterocycles. The van der Waals surface area contributed by atoms with E-state index in [1.807, 2.05) is 4.90 Å². The molecule has 5 heteroatoms. The average molecular weight is 201 g/mol. The SMILES string of the molecule is COC1CN(/C=C/C(=O)O)CC1OC. The van der Waals surface area contributed by atoms with Crippen LogP contribution < -0.4 is 0 Å². The molecule has 0 amide bonds. The average Bonchev–Trinajstić information content (AvgIpc) is 2.57. The molecule has 0 saturated carbocycles. The van der Waals surface area contributed by atoms with Gasteiger partial charge in [-0.2, -0.15) is 0 Å². The maximum Gasteiger partial charge on any atom is 0.329 e. The molecule has 1 aliphatic heterocycles. The molecule has 0 spiro atoms. The summed E-state index contributed by atoms with van der Waals surface area (Å²) in [5.41, 5.74) is 0. The minimum Gasteiger partial charge on any atom is -0.478 e. The maximum atomic E-state index is 10.3. The van der Waals surface area contributed by atoms with Gasteiger partial charge in [0.05, 0.1) is 0 Å². The van der Waals surface area contributed by atoms with Crippen molar-refractivity contribution in [2.75, 3.05) is 27.3 Å². The number of nitrogens with zero attached hydrogens (tertiary/aromatic N) is 1. The molecule has 0 aromatic carbocycles. The minimum atomic E-state index is -0.945. The van der Waals surface area contributed by atoms with Crippen molar-refractivity contribution >= 4 is 5.97 Å². The van der Waals surface area contributed by atoms with E-state index in [4.69, 9.17) is 14.6 Å². The molecule has 0 radical (unpaired) electrons. The second-order valence-corrected chi connectivity index (χ2v) is 3.16. The minimum absolute atomic E-state index is 0.0124. The van der Waals surface area contributed by atoms with E-state index in [1.54, 1.807) is 20.4 Å². The van der Waals surface area contributed by atoms with Crippen LogP contribution in [0, 0.1) is 0 Å². The van der Waals surface area contributed by atoms with Gasteiger partial charge in [-0.25, -0.2) is 4.79 Å². The molecular weight excluding hydrogens is 186 g/mol. The fourth-order valence-electron chi connectivity index (χ4n) is 1.52. The first kappa shape index (κ1) is 11.0. The lowest BCUT2D eigenvalue weighted by molar-refractivity contribution is -0.131. The lowest BCUT2D eigenvalue weighted by Gasteiger charge is -2.13. The summed E-state index contributed by atoms with van der Waals surface area (Å²) in [6.07, 6.45) is 2.69. The zero-order valence-corrected chi connectivity index (χ0v) is 8.34. The summed E-state index contributed by atoms with van der Waals surface area (Å²) in [5, 5.41) is 8.44. The molecule has 0 bridgehead atoms. The Balaban J connectivity index is 2.48. The van der Waals surface area contributed by atoms with Crippen LogP contribution in [0.3, 0.4) is 0 Å². The van der Waals surface area contributed by atoms with Crippen LogP contribution in [0.25, 0.3) is 0 Å². The van der Waals surface area contributed by atoms with Crippen molar-refractivity contribution in [1.82, 2.24) is 4.90 Å². The Kier molecular flexibility index (Phi) is 3.91. The first-order valence-corrected chi connectivity index (χ1v) is 4.38. The van der Waals surface area contributed by atoms with Crippen LogP contribution in [0.2, 0.25) is 0 Å². The topological polar surface area (TPSA) is 59.0 Å². The van der Waals surface area contributed by atoms with E-state index in [-0.39, 0.29) is 12.2 Å². The smallest absolute Gasteiger partial charge is 0.329 e. The monoisotopic (exact) mass is 201 g/mol. The molecular formula is C9H15NO4. The summed E-state index contributed by atoms with van der Waals surface area (Å²) < 4.78 is 10.4. The van der Waals surface area contributed by atoms with Gasteiger partial charge < -0.3 is 19.5 Å². The van der Waals surface area contributed by atoms with E-state index in [0.717, 1.165) is 6.08 Å².